The first-order valence-corrected chi connectivity index (χ1v) is 18.8. The van der Waals surface area contributed by atoms with Crippen molar-refractivity contribution < 1.29 is 107 Å². The first-order chi connectivity index (χ1) is 18.0. The van der Waals surface area contributed by atoms with E-state index in [2.05, 4.69) is 56.8 Å². The average Bonchev–Trinajstić information content (AvgIpc) is 2.60. The molecular formula is C12H19BF12O13S4Si. The van der Waals surface area contributed by atoms with Crippen LogP contribution in [0.2, 0.25) is 19.6 Å². The molecule has 0 heterocycles. The van der Waals surface area contributed by atoms with Gasteiger partial charge in [-0.1, -0.05) is 0 Å². The number of rotatable bonds is 10. The lowest BCUT2D eigenvalue weighted by Gasteiger charge is -2.37. The molecule has 0 unspecified atom stereocenters. The molecule has 0 bridgehead atoms. The molecule has 0 aliphatic carbocycles. The highest BCUT2D eigenvalue weighted by Gasteiger charge is 2.64. The molecule has 260 valence electrons. The predicted molar refractivity (Wildman–Crippen MR) is 118 cm³/mol. The number of hydrogen-bond acceptors (Lipinski definition) is 13. The van der Waals surface area contributed by atoms with Gasteiger partial charge in [0.25, 0.3) is 8.32 Å². The van der Waals surface area contributed by atoms with E-state index in [-0.39, 0.29) is 5.41 Å². The highest BCUT2D eigenvalue weighted by molar-refractivity contribution is 7.93. The van der Waals surface area contributed by atoms with Crippen LogP contribution in [0.1, 0.15) is 20.8 Å². The van der Waals surface area contributed by atoms with Gasteiger partial charge in [-0.25, -0.2) is 4.43 Å². The molecule has 0 aromatic heterocycles. The average molecular weight is 766 g/mol. The van der Waals surface area contributed by atoms with Crippen molar-refractivity contribution in [2.24, 2.45) is 5.41 Å². The van der Waals surface area contributed by atoms with Crippen LogP contribution in [0.5, 0.6) is 0 Å². The SMILES string of the molecule is CC(C)(C)[CH+]O[Si](C)(C)C.O=S(=O)(O[B-](OS(=O)(=O)C(F)(F)F)(OS(=O)(=O)C(F)(F)F)OS(=O)(=O)C(F)(F)F)C(F)(F)F. The molecule has 0 radical (unpaired) electrons. The summed E-state index contributed by atoms with van der Waals surface area (Å²) < 4.78 is 250. The fourth-order valence-corrected chi connectivity index (χ4v) is 4.44. The summed E-state index contributed by atoms with van der Waals surface area (Å²) in [4.78, 5) is 0. The summed E-state index contributed by atoms with van der Waals surface area (Å²) in [6, 6.07) is 0. The summed E-state index contributed by atoms with van der Waals surface area (Å²) in [6.45, 7) is 7.08. The van der Waals surface area contributed by atoms with E-state index in [1.165, 1.54) is 0 Å². The molecule has 0 aliphatic heterocycles. The quantitative estimate of drug-likeness (QED) is 0.135. The van der Waals surface area contributed by atoms with Crippen LogP contribution < -0.4 is 0 Å². The maximum absolute atomic E-state index is 12.4. The lowest BCUT2D eigenvalue weighted by Crippen LogP contribution is -2.59. The van der Waals surface area contributed by atoms with E-state index < -0.39 is 77.8 Å². The molecule has 0 aromatic carbocycles. The molecule has 0 saturated heterocycles. The van der Waals surface area contributed by atoms with Gasteiger partial charge in [-0.05, 0) is 40.4 Å². The molecule has 0 atom stereocenters. The normalized spacial score (nSPS) is 15.5. The molecule has 0 fully saturated rings. The Labute approximate surface area is 237 Å². The zero-order chi connectivity index (χ0) is 35.7. The van der Waals surface area contributed by atoms with Crippen molar-refractivity contribution in [1.82, 2.24) is 0 Å². The van der Waals surface area contributed by atoms with Crippen LogP contribution >= 0.6 is 0 Å². The van der Waals surface area contributed by atoms with E-state index in [0.29, 0.717) is 0 Å². The molecule has 0 amide bonds. The molecule has 0 aliphatic rings. The van der Waals surface area contributed by atoms with Gasteiger partial charge in [0.05, 0.1) is 0 Å². The van der Waals surface area contributed by atoms with Crippen molar-refractivity contribution in [3.63, 3.8) is 0 Å². The Kier molecular flexibility index (Phi) is 13.3. The van der Waals surface area contributed by atoms with Crippen molar-refractivity contribution in [2.75, 3.05) is 0 Å². The molecular weight excluding hydrogens is 747 g/mol. The van der Waals surface area contributed by atoms with Gasteiger partial charge in [0.1, 0.15) is 5.41 Å². The lowest BCUT2D eigenvalue weighted by atomic mass is 9.99. The third-order valence-corrected chi connectivity index (χ3v) is 7.93. The lowest BCUT2D eigenvalue weighted by molar-refractivity contribution is -0.0651. The summed E-state index contributed by atoms with van der Waals surface area (Å²) in [5.74, 6) is 0. The van der Waals surface area contributed by atoms with Crippen LogP contribution in [0.25, 0.3) is 0 Å². The van der Waals surface area contributed by atoms with Gasteiger partial charge in [-0.15, -0.1) is 0 Å². The second-order valence-electron chi connectivity index (χ2n) is 9.28. The zero-order valence-electron chi connectivity index (χ0n) is 21.6. The molecule has 0 saturated carbocycles. The first kappa shape index (κ1) is 44.0. The molecule has 43 heavy (non-hydrogen) atoms. The highest BCUT2D eigenvalue weighted by Crippen LogP contribution is 2.39. The standard InChI is InChI=1S/C8H19OSi.C4BF12O12S4/c1-8(2,3)7-9-10(4,5)6;6-1(7,8)30(18,19)26-5(27-31(20,21)2(9,10)11,28-32(22,23)3(12,13)14)29-33(24,25)4(15,16)17/h7H,1-6H3;/q+1;-1. The third-order valence-electron chi connectivity index (χ3n) is 2.88. The summed E-state index contributed by atoms with van der Waals surface area (Å²) >= 11 is 0. The second-order valence-corrected chi connectivity index (χ2v) is 20.0. The Bertz CT molecular complexity index is 1180. The minimum absolute atomic E-state index is 0.195. The molecule has 0 spiro atoms. The van der Waals surface area contributed by atoms with Gasteiger partial charge >= 0.3 is 69.5 Å². The maximum Gasteiger partial charge on any atom is 0.587 e. The number of alkyl halides is 12. The fraction of sp³-hybridized carbons (Fsp3) is 0.917. The van der Waals surface area contributed by atoms with Crippen LogP contribution in [-0.2, 0) is 61.3 Å². The van der Waals surface area contributed by atoms with E-state index in [1.54, 1.807) is 0 Å². The van der Waals surface area contributed by atoms with Gasteiger partial charge in [-0.2, -0.15) is 86.4 Å². The minimum Gasteiger partial charge on any atom is -0.398 e. The molecule has 0 rings (SSSR count). The van der Waals surface area contributed by atoms with Gasteiger partial charge in [0.15, 0.2) is 0 Å². The molecule has 0 N–H and O–H groups in total. The minimum atomic E-state index is -8.05. The van der Waals surface area contributed by atoms with Crippen molar-refractivity contribution in [1.29, 1.82) is 0 Å². The Morgan fingerprint density at radius 3 is 0.767 bits per heavy atom. The van der Waals surface area contributed by atoms with Crippen LogP contribution in [0.4, 0.5) is 52.7 Å². The van der Waals surface area contributed by atoms with E-state index in [9.17, 15) is 86.4 Å². The topological polar surface area (TPSA) is 183 Å². The summed E-state index contributed by atoms with van der Waals surface area (Å²) in [7, 11) is -33.5. The zero-order valence-corrected chi connectivity index (χ0v) is 25.9. The van der Waals surface area contributed by atoms with Gasteiger partial charge in [0.2, 0.25) is 6.61 Å². The van der Waals surface area contributed by atoms with Crippen LogP contribution in [0.15, 0.2) is 0 Å². The summed E-state index contributed by atoms with van der Waals surface area (Å²) in [6.07, 6.45) is 0. The molecule has 31 heteroatoms. The van der Waals surface area contributed by atoms with Crippen molar-refractivity contribution in [3.8, 4) is 0 Å². The highest BCUT2D eigenvalue weighted by atomic mass is 32.2. The number of hydrogen-bond donors (Lipinski definition) is 0. The first-order valence-electron chi connectivity index (χ1n) is 9.76. The Hall–Kier alpha value is -1.09. The Morgan fingerprint density at radius 2 is 0.674 bits per heavy atom. The summed E-state index contributed by atoms with van der Waals surface area (Å²) in [5.41, 5.74) is -28.4. The van der Waals surface area contributed by atoms with E-state index in [0.717, 1.165) is 0 Å². The van der Waals surface area contributed by atoms with Crippen LogP contribution in [-0.4, -0.2) is 71.0 Å². The van der Waals surface area contributed by atoms with Gasteiger partial charge in [0, 0.05) is 0 Å². The van der Waals surface area contributed by atoms with Crippen LogP contribution in [0.3, 0.4) is 0 Å². The van der Waals surface area contributed by atoms with E-state index >= 15 is 0 Å². The summed E-state index contributed by atoms with van der Waals surface area (Å²) in [5, 5.41) is 0. The van der Waals surface area contributed by atoms with Crippen LogP contribution in [0, 0.1) is 12.0 Å². The Morgan fingerprint density at radius 1 is 0.488 bits per heavy atom. The van der Waals surface area contributed by atoms with Crippen molar-refractivity contribution in [3.05, 3.63) is 6.61 Å². The second kappa shape index (κ2) is 13.0. The molecule has 13 nitrogen and oxygen atoms in total. The Balaban J connectivity index is 0. The monoisotopic (exact) mass is 766 g/mol. The maximum atomic E-state index is 12.4. The smallest absolute Gasteiger partial charge is 0.398 e. The van der Waals surface area contributed by atoms with Crippen molar-refractivity contribution >= 4 is 55.7 Å². The van der Waals surface area contributed by atoms with Crippen molar-refractivity contribution in [2.45, 2.75) is 62.4 Å². The number of halogens is 12. The third kappa shape index (κ3) is 14.3. The predicted octanol–water partition coefficient (Wildman–Crippen LogP) is 3.93. The van der Waals surface area contributed by atoms with Gasteiger partial charge in [-0.3, -0.25) is 0 Å². The van der Waals surface area contributed by atoms with Gasteiger partial charge < -0.3 is 16.4 Å². The largest absolute Gasteiger partial charge is 0.587 e. The molecule has 0 aromatic rings. The van der Waals surface area contributed by atoms with E-state index in [1.807, 2.05) is 6.61 Å². The van der Waals surface area contributed by atoms with E-state index in [4.69, 9.17) is 4.43 Å². The fourth-order valence-electron chi connectivity index (χ4n) is 1.29.